The minimum atomic E-state index is -0.526. The van der Waals surface area contributed by atoms with Gasteiger partial charge in [0.1, 0.15) is 18.1 Å². The van der Waals surface area contributed by atoms with Gasteiger partial charge in [-0.2, -0.15) is 0 Å². The summed E-state index contributed by atoms with van der Waals surface area (Å²) in [4.78, 5) is 11.0. The number of nitrogens with two attached hydrogens (primary N) is 1. The number of primary amides is 1. The first-order valence-electron chi connectivity index (χ1n) is 5.56. The molecule has 3 N–H and O–H groups in total. The second-order valence-electron chi connectivity index (χ2n) is 3.96. The highest BCUT2D eigenvalue weighted by molar-refractivity contribution is 6.31. The monoisotopic (exact) mass is 277 g/mol. The molecule has 98 valence electrons. The summed E-state index contributed by atoms with van der Waals surface area (Å²) < 4.78 is 5.49. The zero-order chi connectivity index (χ0) is 13.8. The van der Waals surface area contributed by atoms with Crippen LogP contribution in [0.3, 0.4) is 0 Å². The first-order valence-corrected chi connectivity index (χ1v) is 5.94. The molecule has 0 atom stereocenters. The van der Waals surface area contributed by atoms with Crippen molar-refractivity contribution >= 4 is 17.5 Å². The van der Waals surface area contributed by atoms with Crippen molar-refractivity contribution in [2.24, 2.45) is 5.73 Å². The van der Waals surface area contributed by atoms with E-state index in [0.29, 0.717) is 16.3 Å². The third-order valence-electron chi connectivity index (χ3n) is 2.55. The first kappa shape index (κ1) is 13.2. The Morgan fingerprint density at radius 3 is 2.68 bits per heavy atom. The molecule has 1 amide bonds. The Labute approximate surface area is 115 Å². The summed E-state index contributed by atoms with van der Waals surface area (Å²) in [5, 5.41) is 9.72. The van der Waals surface area contributed by atoms with E-state index in [1.165, 1.54) is 12.1 Å². The first-order chi connectivity index (χ1) is 9.06. The minimum absolute atomic E-state index is 0.132. The Hall–Kier alpha value is -2.20. The Bertz CT molecular complexity index is 613. The Morgan fingerprint density at radius 2 is 2.05 bits per heavy atom. The molecule has 0 heterocycles. The summed E-state index contributed by atoms with van der Waals surface area (Å²) >= 11 is 6.03. The van der Waals surface area contributed by atoms with Crippen molar-refractivity contribution in [3.8, 4) is 11.5 Å². The van der Waals surface area contributed by atoms with E-state index in [-0.39, 0.29) is 12.4 Å². The molecule has 0 aliphatic carbocycles. The third-order valence-corrected chi connectivity index (χ3v) is 2.90. The van der Waals surface area contributed by atoms with E-state index in [9.17, 15) is 9.90 Å². The lowest BCUT2D eigenvalue weighted by Crippen LogP contribution is -2.11. The van der Waals surface area contributed by atoms with E-state index in [1.807, 2.05) is 0 Å². The van der Waals surface area contributed by atoms with E-state index >= 15 is 0 Å². The predicted molar refractivity (Wildman–Crippen MR) is 72.4 cm³/mol. The lowest BCUT2D eigenvalue weighted by Gasteiger charge is -2.08. The molecule has 19 heavy (non-hydrogen) atoms. The third kappa shape index (κ3) is 3.39. The zero-order valence-electron chi connectivity index (χ0n) is 9.97. The number of rotatable bonds is 4. The SMILES string of the molecule is NC(=O)c1ccc(COc2cccc(O)c2)c(Cl)c1. The van der Waals surface area contributed by atoms with Gasteiger partial charge in [-0.1, -0.05) is 23.7 Å². The van der Waals surface area contributed by atoms with Gasteiger partial charge in [-0.3, -0.25) is 4.79 Å². The summed E-state index contributed by atoms with van der Waals surface area (Å²) in [5.41, 5.74) is 6.24. The topological polar surface area (TPSA) is 72.6 Å². The van der Waals surface area contributed by atoms with Gasteiger partial charge < -0.3 is 15.6 Å². The number of phenolic OH excluding ortho intramolecular Hbond substituents is 1. The van der Waals surface area contributed by atoms with Gasteiger partial charge in [-0.25, -0.2) is 0 Å². The van der Waals surface area contributed by atoms with Crippen LogP contribution in [0.4, 0.5) is 0 Å². The highest BCUT2D eigenvalue weighted by atomic mass is 35.5. The highest BCUT2D eigenvalue weighted by Crippen LogP contribution is 2.22. The normalized spacial score (nSPS) is 10.2. The molecule has 2 rings (SSSR count). The molecule has 0 aromatic heterocycles. The number of hydrogen-bond acceptors (Lipinski definition) is 3. The van der Waals surface area contributed by atoms with Crippen LogP contribution in [0.25, 0.3) is 0 Å². The van der Waals surface area contributed by atoms with Crippen molar-refractivity contribution in [2.45, 2.75) is 6.61 Å². The number of phenols is 1. The Kier molecular flexibility index (Phi) is 3.92. The van der Waals surface area contributed by atoms with Crippen LogP contribution in [0.1, 0.15) is 15.9 Å². The molecule has 0 aliphatic rings. The predicted octanol–water partition coefficient (Wildman–Crippen LogP) is 2.72. The molecule has 4 nitrogen and oxygen atoms in total. The molecule has 0 aliphatic heterocycles. The fourth-order valence-corrected chi connectivity index (χ4v) is 1.79. The van der Waals surface area contributed by atoms with E-state index < -0.39 is 5.91 Å². The molecule has 0 fully saturated rings. The van der Waals surface area contributed by atoms with Crippen LogP contribution >= 0.6 is 11.6 Å². The van der Waals surface area contributed by atoms with Crippen LogP contribution < -0.4 is 10.5 Å². The molecule has 0 radical (unpaired) electrons. The summed E-state index contributed by atoms with van der Waals surface area (Å²) in [7, 11) is 0. The number of halogens is 1. The molecule has 2 aromatic carbocycles. The fraction of sp³-hybridized carbons (Fsp3) is 0.0714. The number of amides is 1. The zero-order valence-corrected chi connectivity index (χ0v) is 10.7. The van der Waals surface area contributed by atoms with Crippen molar-refractivity contribution in [3.05, 3.63) is 58.6 Å². The maximum atomic E-state index is 11.0. The summed E-state index contributed by atoms with van der Waals surface area (Å²) in [6.45, 7) is 0.237. The van der Waals surface area contributed by atoms with Crippen LogP contribution in [-0.2, 0) is 6.61 Å². The van der Waals surface area contributed by atoms with Gasteiger partial charge in [-0.15, -0.1) is 0 Å². The summed E-state index contributed by atoms with van der Waals surface area (Å²) in [6, 6.07) is 11.3. The van der Waals surface area contributed by atoms with Gasteiger partial charge in [0.2, 0.25) is 5.91 Å². The average molecular weight is 278 g/mol. The number of benzene rings is 2. The van der Waals surface area contributed by atoms with Crippen LogP contribution in [0.15, 0.2) is 42.5 Å². The van der Waals surface area contributed by atoms with E-state index in [0.717, 1.165) is 5.56 Å². The number of ether oxygens (including phenoxy) is 1. The molecule has 2 aromatic rings. The lowest BCUT2D eigenvalue weighted by molar-refractivity contribution is 0.1000. The number of carbonyl (C=O) groups is 1. The van der Waals surface area contributed by atoms with E-state index in [4.69, 9.17) is 22.1 Å². The number of aromatic hydroxyl groups is 1. The molecular weight excluding hydrogens is 266 g/mol. The van der Waals surface area contributed by atoms with Gasteiger partial charge in [0.05, 0.1) is 0 Å². The highest BCUT2D eigenvalue weighted by Gasteiger charge is 2.06. The van der Waals surface area contributed by atoms with Crippen molar-refractivity contribution < 1.29 is 14.6 Å². The Balaban J connectivity index is 2.10. The van der Waals surface area contributed by atoms with Crippen LogP contribution in [-0.4, -0.2) is 11.0 Å². The summed E-state index contributed by atoms with van der Waals surface area (Å²) in [6.07, 6.45) is 0. The van der Waals surface area contributed by atoms with Crippen molar-refractivity contribution in [2.75, 3.05) is 0 Å². The van der Waals surface area contributed by atoms with Gasteiger partial charge >= 0.3 is 0 Å². The summed E-state index contributed by atoms with van der Waals surface area (Å²) in [5.74, 6) is 0.144. The van der Waals surface area contributed by atoms with E-state index in [1.54, 1.807) is 30.3 Å². The Morgan fingerprint density at radius 1 is 1.26 bits per heavy atom. The van der Waals surface area contributed by atoms with Gasteiger partial charge in [-0.05, 0) is 24.3 Å². The number of carbonyl (C=O) groups excluding carboxylic acids is 1. The van der Waals surface area contributed by atoms with Gasteiger partial charge in [0.15, 0.2) is 0 Å². The van der Waals surface area contributed by atoms with Crippen molar-refractivity contribution in [3.63, 3.8) is 0 Å². The van der Waals surface area contributed by atoms with Crippen molar-refractivity contribution in [1.82, 2.24) is 0 Å². The minimum Gasteiger partial charge on any atom is -0.508 e. The van der Waals surface area contributed by atoms with Crippen LogP contribution in [0.2, 0.25) is 5.02 Å². The standard InChI is InChI=1S/C14H12ClNO3/c15-13-6-9(14(16)18)4-5-10(13)8-19-12-3-1-2-11(17)7-12/h1-7,17H,8H2,(H2,16,18). The molecule has 0 bridgehead atoms. The molecular formula is C14H12ClNO3. The average Bonchev–Trinajstić information content (AvgIpc) is 2.37. The van der Waals surface area contributed by atoms with Crippen LogP contribution in [0.5, 0.6) is 11.5 Å². The number of hydrogen-bond donors (Lipinski definition) is 2. The van der Waals surface area contributed by atoms with Crippen molar-refractivity contribution in [1.29, 1.82) is 0 Å². The van der Waals surface area contributed by atoms with Crippen LogP contribution in [0, 0.1) is 0 Å². The fourth-order valence-electron chi connectivity index (χ4n) is 1.55. The molecule has 0 spiro atoms. The molecule has 0 unspecified atom stereocenters. The molecule has 0 saturated heterocycles. The smallest absolute Gasteiger partial charge is 0.248 e. The molecule has 0 saturated carbocycles. The second-order valence-corrected chi connectivity index (χ2v) is 4.36. The largest absolute Gasteiger partial charge is 0.508 e. The molecule has 5 heteroatoms. The van der Waals surface area contributed by atoms with E-state index in [2.05, 4.69) is 0 Å². The van der Waals surface area contributed by atoms with Gasteiger partial charge in [0, 0.05) is 22.2 Å². The quantitative estimate of drug-likeness (QED) is 0.902. The maximum Gasteiger partial charge on any atom is 0.248 e. The van der Waals surface area contributed by atoms with Gasteiger partial charge in [0.25, 0.3) is 0 Å². The lowest BCUT2D eigenvalue weighted by atomic mass is 10.1. The maximum absolute atomic E-state index is 11.0. The second kappa shape index (κ2) is 5.63.